The molecule has 2 N–H and O–H groups in total. The van der Waals surface area contributed by atoms with E-state index in [-0.39, 0.29) is 6.61 Å². The molecular weight excluding hydrogens is 164 g/mol. The molecule has 2 heterocycles. The van der Waals surface area contributed by atoms with Gasteiger partial charge in [0.2, 0.25) is 0 Å². The summed E-state index contributed by atoms with van der Waals surface area (Å²) in [7, 11) is 0. The van der Waals surface area contributed by atoms with Crippen LogP contribution in [-0.4, -0.2) is 48.3 Å². The van der Waals surface area contributed by atoms with Gasteiger partial charge in [0, 0.05) is 18.6 Å². The lowest BCUT2D eigenvalue weighted by Crippen LogP contribution is -2.41. The maximum atomic E-state index is 9.12. The first kappa shape index (κ1) is 9.44. The van der Waals surface area contributed by atoms with Crippen molar-refractivity contribution < 1.29 is 5.11 Å². The number of likely N-dealkylation sites (tertiary alicyclic amines) is 1. The van der Waals surface area contributed by atoms with E-state index in [0.717, 1.165) is 11.8 Å². The minimum absolute atomic E-state index is 0.289. The van der Waals surface area contributed by atoms with Gasteiger partial charge in [0.1, 0.15) is 0 Å². The number of rotatable bonds is 2. The van der Waals surface area contributed by atoms with E-state index in [1.54, 1.807) is 0 Å². The Labute approximate surface area is 80.1 Å². The third-order valence-electron chi connectivity index (χ3n) is 3.81. The van der Waals surface area contributed by atoms with Gasteiger partial charge in [-0.25, -0.2) is 0 Å². The fourth-order valence-electron chi connectivity index (χ4n) is 2.89. The molecule has 4 unspecified atom stereocenters. The molecule has 2 rings (SSSR count). The van der Waals surface area contributed by atoms with Gasteiger partial charge in [-0.2, -0.15) is 0 Å². The summed E-state index contributed by atoms with van der Waals surface area (Å²) in [4.78, 5) is 2.45. The maximum absolute atomic E-state index is 9.12. The number of hydrogen-bond acceptors (Lipinski definition) is 3. The monoisotopic (exact) mass is 184 g/mol. The van der Waals surface area contributed by atoms with Crippen molar-refractivity contribution in [2.45, 2.75) is 25.9 Å². The van der Waals surface area contributed by atoms with Crippen molar-refractivity contribution in [3.63, 3.8) is 0 Å². The summed E-state index contributed by atoms with van der Waals surface area (Å²) in [6, 6.07) is 0.975. The van der Waals surface area contributed by atoms with Crippen LogP contribution in [0.3, 0.4) is 0 Å². The number of nitrogens with one attached hydrogen (secondary N) is 1. The Balaban J connectivity index is 2.01. The number of nitrogens with zero attached hydrogens (tertiary/aromatic N) is 1. The minimum Gasteiger partial charge on any atom is -0.395 e. The molecule has 4 atom stereocenters. The second-order valence-corrected chi connectivity index (χ2v) is 4.55. The molecule has 0 amide bonds. The number of hydrogen-bond donors (Lipinski definition) is 2. The molecule has 3 heteroatoms. The molecule has 0 saturated carbocycles. The molecule has 0 aliphatic carbocycles. The largest absolute Gasteiger partial charge is 0.395 e. The zero-order valence-corrected chi connectivity index (χ0v) is 8.53. The lowest BCUT2D eigenvalue weighted by molar-refractivity contribution is 0.118. The van der Waals surface area contributed by atoms with Gasteiger partial charge in [0.05, 0.1) is 6.61 Å². The van der Waals surface area contributed by atoms with E-state index in [1.165, 1.54) is 19.6 Å². The van der Waals surface area contributed by atoms with Gasteiger partial charge in [-0.05, 0) is 38.8 Å². The Hall–Kier alpha value is -0.120. The van der Waals surface area contributed by atoms with Crippen molar-refractivity contribution >= 4 is 0 Å². The van der Waals surface area contributed by atoms with Crippen molar-refractivity contribution in [2.75, 3.05) is 26.2 Å². The van der Waals surface area contributed by atoms with E-state index < -0.39 is 0 Å². The normalized spacial score (nSPS) is 42.2. The van der Waals surface area contributed by atoms with Crippen LogP contribution in [0.1, 0.15) is 13.8 Å². The Morgan fingerprint density at radius 2 is 2.31 bits per heavy atom. The fraction of sp³-hybridized carbons (Fsp3) is 1.00. The van der Waals surface area contributed by atoms with Crippen LogP contribution in [0, 0.1) is 11.8 Å². The average molecular weight is 184 g/mol. The smallest absolute Gasteiger partial charge is 0.0584 e. The molecule has 0 spiro atoms. The third-order valence-corrected chi connectivity index (χ3v) is 3.81. The lowest BCUT2D eigenvalue weighted by atomic mass is 9.95. The predicted molar refractivity (Wildman–Crippen MR) is 52.6 cm³/mol. The first-order valence-electron chi connectivity index (χ1n) is 5.31. The number of fused-ring (bicyclic) bond motifs is 1. The molecule has 0 bridgehead atoms. The van der Waals surface area contributed by atoms with Crippen LogP contribution in [0.25, 0.3) is 0 Å². The lowest BCUT2D eigenvalue weighted by Gasteiger charge is -2.29. The molecular formula is C10H20N2O. The van der Waals surface area contributed by atoms with E-state index in [2.05, 4.69) is 24.1 Å². The first-order chi connectivity index (χ1) is 6.24. The highest BCUT2D eigenvalue weighted by molar-refractivity contribution is 4.97. The standard InChI is InChI=1S/C10H20N2O/c1-7(6-13)12-5-9-3-11-4-10(9)8(12)2/h7-11,13H,3-6H2,1-2H3. The van der Waals surface area contributed by atoms with Crippen molar-refractivity contribution in [1.29, 1.82) is 0 Å². The molecule has 3 nitrogen and oxygen atoms in total. The summed E-state index contributed by atoms with van der Waals surface area (Å²) in [6.45, 7) is 8.21. The van der Waals surface area contributed by atoms with Crippen LogP contribution >= 0.6 is 0 Å². The molecule has 2 saturated heterocycles. The van der Waals surface area contributed by atoms with Crippen molar-refractivity contribution in [1.82, 2.24) is 10.2 Å². The van der Waals surface area contributed by atoms with Crippen LogP contribution in [0.5, 0.6) is 0 Å². The van der Waals surface area contributed by atoms with Gasteiger partial charge in [-0.15, -0.1) is 0 Å². The van der Waals surface area contributed by atoms with Gasteiger partial charge in [-0.3, -0.25) is 4.90 Å². The van der Waals surface area contributed by atoms with Gasteiger partial charge >= 0.3 is 0 Å². The second kappa shape index (κ2) is 3.56. The summed E-state index contributed by atoms with van der Waals surface area (Å²) in [6.07, 6.45) is 0. The van der Waals surface area contributed by atoms with E-state index in [4.69, 9.17) is 5.11 Å². The maximum Gasteiger partial charge on any atom is 0.0584 e. The molecule has 2 aliphatic rings. The fourth-order valence-corrected chi connectivity index (χ4v) is 2.89. The molecule has 0 aromatic heterocycles. The Bertz CT molecular complexity index is 186. The van der Waals surface area contributed by atoms with Crippen molar-refractivity contribution in [3.8, 4) is 0 Å². The van der Waals surface area contributed by atoms with Crippen molar-refractivity contribution in [3.05, 3.63) is 0 Å². The van der Waals surface area contributed by atoms with E-state index >= 15 is 0 Å². The molecule has 13 heavy (non-hydrogen) atoms. The van der Waals surface area contributed by atoms with Crippen molar-refractivity contribution in [2.24, 2.45) is 11.8 Å². The average Bonchev–Trinajstić information content (AvgIpc) is 2.68. The van der Waals surface area contributed by atoms with Crippen LogP contribution in [0.15, 0.2) is 0 Å². The highest BCUT2D eigenvalue weighted by atomic mass is 16.3. The molecule has 2 aliphatic heterocycles. The van der Waals surface area contributed by atoms with Gasteiger partial charge < -0.3 is 10.4 Å². The minimum atomic E-state index is 0.289. The summed E-state index contributed by atoms with van der Waals surface area (Å²) in [5, 5.41) is 12.6. The zero-order valence-electron chi connectivity index (χ0n) is 8.53. The zero-order chi connectivity index (χ0) is 9.42. The number of aliphatic hydroxyl groups is 1. The highest BCUT2D eigenvalue weighted by Crippen LogP contribution is 2.33. The van der Waals surface area contributed by atoms with Gasteiger partial charge in [0.25, 0.3) is 0 Å². The Morgan fingerprint density at radius 3 is 2.92 bits per heavy atom. The Morgan fingerprint density at radius 1 is 1.54 bits per heavy atom. The van der Waals surface area contributed by atoms with Gasteiger partial charge in [0.15, 0.2) is 0 Å². The predicted octanol–water partition coefficient (Wildman–Crippen LogP) is -0.0931. The van der Waals surface area contributed by atoms with Crippen LogP contribution < -0.4 is 5.32 Å². The molecule has 0 aromatic carbocycles. The van der Waals surface area contributed by atoms with E-state index in [0.29, 0.717) is 12.1 Å². The van der Waals surface area contributed by atoms with Crippen LogP contribution in [0.4, 0.5) is 0 Å². The summed E-state index contributed by atoms with van der Waals surface area (Å²) in [5.41, 5.74) is 0. The van der Waals surface area contributed by atoms with E-state index in [9.17, 15) is 0 Å². The summed E-state index contributed by atoms with van der Waals surface area (Å²) < 4.78 is 0. The highest BCUT2D eigenvalue weighted by Gasteiger charge is 2.42. The topological polar surface area (TPSA) is 35.5 Å². The second-order valence-electron chi connectivity index (χ2n) is 4.55. The molecule has 76 valence electrons. The van der Waals surface area contributed by atoms with E-state index in [1.807, 2.05) is 0 Å². The quantitative estimate of drug-likeness (QED) is 0.629. The Kier molecular flexibility index (Phi) is 2.58. The SMILES string of the molecule is CC(CO)N1CC2CNCC2C1C. The molecule has 0 radical (unpaired) electrons. The summed E-state index contributed by atoms with van der Waals surface area (Å²) >= 11 is 0. The third kappa shape index (κ3) is 1.49. The number of aliphatic hydroxyl groups excluding tert-OH is 1. The molecule has 2 fully saturated rings. The summed E-state index contributed by atoms with van der Waals surface area (Å²) in [5.74, 6) is 1.64. The van der Waals surface area contributed by atoms with Crippen LogP contribution in [-0.2, 0) is 0 Å². The first-order valence-corrected chi connectivity index (χ1v) is 5.31. The van der Waals surface area contributed by atoms with Crippen LogP contribution in [0.2, 0.25) is 0 Å². The van der Waals surface area contributed by atoms with Gasteiger partial charge in [-0.1, -0.05) is 0 Å². The molecule has 0 aromatic rings.